The van der Waals surface area contributed by atoms with Gasteiger partial charge in [-0.25, -0.2) is 0 Å². The second kappa shape index (κ2) is 6.44. The molecule has 7 heteroatoms. The van der Waals surface area contributed by atoms with Crippen molar-refractivity contribution in [2.75, 3.05) is 0 Å². The molecule has 0 bridgehead atoms. The minimum atomic E-state index is -1.39. The predicted octanol–water partition coefficient (Wildman–Crippen LogP) is 2.39. The Kier molecular flexibility index (Phi) is 4.41. The van der Waals surface area contributed by atoms with Crippen LogP contribution >= 0.6 is 15.9 Å². The molecule has 2 fully saturated rings. The second-order valence-electron chi connectivity index (χ2n) is 8.16. The van der Waals surface area contributed by atoms with Crippen molar-refractivity contribution < 1.29 is 29.1 Å². The summed E-state index contributed by atoms with van der Waals surface area (Å²) in [6, 6.07) is 1.79. The number of carbonyl (C=O) groups is 5. The SMILES string of the molecule is CC(=O)C1C(=O)CC2CC3Cc4cc(Br)c(C)c(O)c4C(=O)C3C(=O)C2C1=O. The van der Waals surface area contributed by atoms with Crippen LogP contribution in [-0.4, -0.2) is 34.0 Å². The van der Waals surface area contributed by atoms with Gasteiger partial charge in [-0.3, -0.25) is 24.0 Å². The maximum absolute atomic E-state index is 13.2. The quantitative estimate of drug-likeness (QED) is 0.663. The van der Waals surface area contributed by atoms with Crippen LogP contribution in [0.4, 0.5) is 0 Å². The third kappa shape index (κ3) is 2.55. The molecule has 0 amide bonds. The number of hydrogen-bond donors (Lipinski definition) is 1. The summed E-state index contributed by atoms with van der Waals surface area (Å²) in [4.78, 5) is 63.2. The van der Waals surface area contributed by atoms with E-state index in [1.807, 2.05) is 0 Å². The van der Waals surface area contributed by atoms with Crippen molar-refractivity contribution in [1.29, 1.82) is 0 Å². The first-order valence-electron chi connectivity index (χ1n) is 9.29. The van der Waals surface area contributed by atoms with E-state index in [4.69, 9.17) is 0 Å². The molecule has 3 aliphatic carbocycles. The zero-order valence-corrected chi connectivity index (χ0v) is 17.0. The third-order valence-corrected chi connectivity index (χ3v) is 7.35. The topological polar surface area (TPSA) is 106 Å². The molecule has 146 valence electrons. The van der Waals surface area contributed by atoms with Crippen molar-refractivity contribution >= 4 is 44.8 Å². The summed E-state index contributed by atoms with van der Waals surface area (Å²) in [5.74, 6) is -7.00. The molecule has 28 heavy (non-hydrogen) atoms. The van der Waals surface area contributed by atoms with Gasteiger partial charge in [0.1, 0.15) is 17.5 Å². The van der Waals surface area contributed by atoms with Gasteiger partial charge >= 0.3 is 0 Å². The van der Waals surface area contributed by atoms with Crippen molar-refractivity contribution in [3.63, 3.8) is 0 Å². The Bertz CT molecular complexity index is 978. The molecule has 3 aliphatic rings. The first-order chi connectivity index (χ1) is 13.1. The molecule has 0 saturated heterocycles. The van der Waals surface area contributed by atoms with Gasteiger partial charge in [0.25, 0.3) is 0 Å². The average molecular weight is 447 g/mol. The summed E-state index contributed by atoms with van der Waals surface area (Å²) >= 11 is 3.38. The number of aromatic hydroxyl groups is 1. The molecule has 5 unspecified atom stereocenters. The minimum absolute atomic E-state index is 0.0134. The molecule has 0 aliphatic heterocycles. The fraction of sp³-hybridized carbons (Fsp3) is 0.476. The molecule has 1 aromatic rings. The number of fused-ring (bicyclic) bond motifs is 3. The highest BCUT2D eigenvalue weighted by molar-refractivity contribution is 9.10. The summed E-state index contributed by atoms with van der Waals surface area (Å²) in [6.45, 7) is 2.85. The highest BCUT2D eigenvalue weighted by Crippen LogP contribution is 2.49. The third-order valence-electron chi connectivity index (χ3n) is 6.53. The van der Waals surface area contributed by atoms with E-state index in [1.54, 1.807) is 13.0 Å². The molecule has 6 nitrogen and oxygen atoms in total. The fourth-order valence-corrected chi connectivity index (χ4v) is 5.70. The lowest BCUT2D eigenvalue weighted by Crippen LogP contribution is -2.55. The molecule has 5 atom stereocenters. The van der Waals surface area contributed by atoms with E-state index in [0.29, 0.717) is 28.4 Å². The van der Waals surface area contributed by atoms with Crippen LogP contribution in [0.25, 0.3) is 0 Å². The molecule has 2 saturated carbocycles. The van der Waals surface area contributed by atoms with Gasteiger partial charge < -0.3 is 5.11 Å². The normalized spacial score (nSPS) is 31.9. The van der Waals surface area contributed by atoms with Crippen molar-refractivity contribution in [3.8, 4) is 5.75 Å². The molecule has 0 aromatic heterocycles. The number of benzene rings is 1. The molecule has 1 N–H and O–H groups in total. The molecule has 0 heterocycles. The Hall–Kier alpha value is -2.15. The summed E-state index contributed by atoms with van der Waals surface area (Å²) in [6.07, 6.45) is 0.839. The summed E-state index contributed by atoms with van der Waals surface area (Å²) in [5.41, 5.74) is 1.33. The zero-order chi connectivity index (χ0) is 20.5. The second-order valence-corrected chi connectivity index (χ2v) is 9.02. The van der Waals surface area contributed by atoms with Gasteiger partial charge in [0, 0.05) is 16.5 Å². The molecule has 4 rings (SSSR count). The lowest BCUT2D eigenvalue weighted by atomic mass is 9.56. The van der Waals surface area contributed by atoms with E-state index in [1.165, 1.54) is 6.92 Å². The largest absolute Gasteiger partial charge is 0.507 e. The Labute approximate surface area is 169 Å². The Morgan fingerprint density at radius 3 is 2.36 bits per heavy atom. The number of hydrogen-bond acceptors (Lipinski definition) is 6. The van der Waals surface area contributed by atoms with Crippen molar-refractivity contribution in [2.45, 2.75) is 33.1 Å². The number of phenols is 1. The lowest BCUT2D eigenvalue weighted by molar-refractivity contribution is -0.152. The number of carbonyl (C=O) groups excluding carboxylic acids is 5. The maximum atomic E-state index is 13.2. The predicted molar refractivity (Wildman–Crippen MR) is 101 cm³/mol. The Morgan fingerprint density at radius 2 is 1.71 bits per heavy atom. The summed E-state index contributed by atoms with van der Waals surface area (Å²) in [5, 5.41) is 10.5. The van der Waals surface area contributed by atoms with Crippen LogP contribution in [0.5, 0.6) is 5.75 Å². The van der Waals surface area contributed by atoms with Gasteiger partial charge in [-0.05, 0) is 50.2 Å². The summed E-state index contributed by atoms with van der Waals surface area (Å²) < 4.78 is 0.683. The van der Waals surface area contributed by atoms with E-state index in [0.717, 1.165) is 0 Å². The first-order valence-corrected chi connectivity index (χ1v) is 10.1. The van der Waals surface area contributed by atoms with E-state index in [9.17, 15) is 29.1 Å². The standard InChI is InChI=1S/C21H19BrO6/c1-7-12(22)5-10-3-9-4-11-6-13(24)14(8(2)23)19(26)17(11)21(28)16(9)20(27)15(10)18(7)25/h5,9,11,14,16-17,25H,3-4,6H2,1-2H3. The van der Waals surface area contributed by atoms with Crippen LogP contribution in [0.15, 0.2) is 10.5 Å². The van der Waals surface area contributed by atoms with Gasteiger partial charge in [0.15, 0.2) is 23.1 Å². The summed E-state index contributed by atoms with van der Waals surface area (Å²) in [7, 11) is 0. The van der Waals surface area contributed by atoms with Gasteiger partial charge in [-0.15, -0.1) is 0 Å². The smallest absolute Gasteiger partial charge is 0.177 e. The van der Waals surface area contributed by atoms with Crippen LogP contribution < -0.4 is 0 Å². The van der Waals surface area contributed by atoms with Gasteiger partial charge in [-0.2, -0.15) is 0 Å². The molecule has 0 spiro atoms. The Morgan fingerprint density at radius 1 is 1.07 bits per heavy atom. The van der Waals surface area contributed by atoms with E-state index < -0.39 is 52.6 Å². The molecule has 1 aromatic carbocycles. The van der Waals surface area contributed by atoms with Gasteiger partial charge in [0.05, 0.1) is 17.4 Å². The highest BCUT2D eigenvalue weighted by Gasteiger charge is 2.57. The molecular formula is C21H19BrO6. The van der Waals surface area contributed by atoms with E-state index in [2.05, 4.69) is 15.9 Å². The highest BCUT2D eigenvalue weighted by atomic mass is 79.9. The van der Waals surface area contributed by atoms with Gasteiger partial charge in [-0.1, -0.05) is 15.9 Å². The monoisotopic (exact) mass is 446 g/mol. The zero-order valence-electron chi connectivity index (χ0n) is 15.5. The lowest BCUT2D eigenvalue weighted by Gasteiger charge is -2.44. The van der Waals surface area contributed by atoms with Crippen LogP contribution in [0.2, 0.25) is 0 Å². The molecular weight excluding hydrogens is 428 g/mol. The Balaban J connectivity index is 1.77. The van der Waals surface area contributed by atoms with Crippen molar-refractivity contribution in [3.05, 3.63) is 27.2 Å². The number of phenolic OH excluding ortho intramolecular Hbond substituents is 1. The maximum Gasteiger partial charge on any atom is 0.177 e. The number of rotatable bonds is 1. The van der Waals surface area contributed by atoms with Gasteiger partial charge in [0.2, 0.25) is 0 Å². The minimum Gasteiger partial charge on any atom is -0.507 e. The van der Waals surface area contributed by atoms with Crippen molar-refractivity contribution in [1.82, 2.24) is 0 Å². The average Bonchev–Trinajstić information content (AvgIpc) is 2.58. The number of Topliss-reactive ketones (excluding diaryl/α,β-unsaturated/α-hetero) is 5. The van der Waals surface area contributed by atoms with Crippen LogP contribution in [0.1, 0.15) is 41.3 Å². The molecule has 0 radical (unpaired) electrons. The van der Waals surface area contributed by atoms with Crippen LogP contribution in [0.3, 0.4) is 0 Å². The first kappa shape index (κ1) is 19.2. The van der Waals surface area contributed by atoms with Crippen LogP contribution in [-0.2, 0) is 25.6 Å². The fourth-order valence-electron chi connectivity index (χ4n) is 5.24. The van der Waals surface area contributed by atoms with E-state index in [-0.39, 0.29) is 23.7 Å². The van der Waals surface area contributed by atoms with E-state index >= 15 is 0 Å². The van der Waals surface area contributed by atoms with Crippen molar-refractivity contribution in [2.24, 2.45) is 29.6 Å². The van der Waals surface area contributed by atoms with Crippen LogP contribution in [0, 0.1) is 36.5 Å². The number of halogens is 1. The number of ketones is 5.